The van der Waals surface area contributed by atoms with Crippen LogP contribution in [0.5, 0.6) is 0 Å². The second-order valence-electron chi connectivity index (χ2n) is 6.74. The van der Waals surface area contributed by atoms with Crippen LogP contribution in [0.3, 0.4) is 0 Å². The van der Waals surface area contributed by atoms with E-state index in [0.717, 1.165) is 56.6 Å². The minimum absolute atomic E-state index is 0.0147. The Bertz CT molecular complexity index is 592. The number of carbonyl (C=O) groups excluding carboxylic acids is 1. The Kier molecular flexibility index (Phi) is 6.39. The minimum atomic E-state index is -0.940. The summed E-state index contributed by atoms with van der Waals surface area (Å²) in [5, 5.41) is 16.1. The molecular weight excluding hydrogens is 342 g/mol. The SMILES string of the molecule is O=C(O)CO[C@H]1CC[C@H](NC(=O)c2cnc(C3CCNCC3)s2)CC1. The van der Waals surface area contributed by atoms with Crippen molar-refractivity contribution in [2.24, 2.45) is 0 Å². The lowest BCUT2D eigenvalue weighted by atomic mass is 9.93. The standard InChI is InChI=1S/C17H25N3O4S/c21-15(22)10-24-13-3-1-12(2-4-13)20-16(23)14-9-19-17(25-14)11-5-7-18-8-6-11/h9,11-13,18H,1-8,10H2,(H,20,23)(H,21,22)/t12-,13-. The molecule has 0 spiro atoms. The summed E-state index contributed by atoms with van der Waals surface area (Å²) in [6, 6.07) is 0.126. The maximum atomic E-state index is 12.4. The molecule has 1 aromatic heterocycles. The van der Waals surface area contributed by atoms with Crippen molar-refractivity contribution in [1.29, 1.82) is 0 Å². The summed E-state index contributed by atoms with van der Waals surface area (Å²) >= 11 is 1.51. The lowest BCUT2D eigenvalue weighted by molar-refractivity contribution is -0.145. The van der Waals surface area contributed by atoms with Gasteiger partial charge in [0.05, 0.1) is 17.3 Å². The minimum Gasteiger partial charge on any atom is -0.480 e. The summed E-state index contributed by atoms with van der Waals surface area (Å²) in [6.45, 7) is 1.78. The van der Waals surface area contributed by atoms with Gasteiger partial charge in [0.2, 0.25) is 0 Å². The molecule has 1 saturated carbocycles. The molecule has 1 aromatic rings. The summed E-state index contributed by atoms with van der Waals surface area (Å²) < 4.78 is 5.33. The summed E-state index contributed by atoms with van der Waals surface area (Å²) in [5.41, 5.74) is 0. The zero-order valence-corrected chi connectivity index (χ0v) is 15.0. The molecule has 3 N–H and O–H groups in total. The Labute approximate surface area is 151 Å². The number of carboxylic acids is 1. The van der Waals surface area contributed by atoms with Crippen LogP contribution in [-0.2, 0) is 9.53 Å². The van der Waals surface area contributed by atoms with E-state index in [9.17, 15) is 9.59 Å². The van der Waals surface area contributed by atoms with Crippen molar-refractivity contribution in [3.8, 4) is 0 Å². The Morgan fingerprint density at radius 3 is 2.64 bits per heavy atom. The highest BCUT2D eigenvalue weighted by Crippen LogP contribution is 2.29. The van der Waals surface area contributed by atoms with E-state index in [-0.39, 0.29) is 24.7 Å². The van der Waals surface area contributed by atoms with Gasteiger partial charge in [-0.15, -0.1) is 11.3 Å². The summed E-state index contributed by atoms with van der Waals surface area (Å²) in [7, 11) is 0. The van der Waals surface area contributed by atoms with Crippen molar-refractivity contribution in [3.05, 3.63) is 16.1 Å². The van der Waals surface area contributed by atoms with Crippen molar-refractivity contribution >= 4 is 23.2 Å². The van der Waals surface area contributed by atoms with Crippen LogP contribution in [0.1, 0.15) is 59.1 Å². The molecule has 0 atom stereocenters. The number of carboxylic acid groups (broad SMARTS) is 1. The summed E-state index contributed by atoms with van der Waals surface area (Å²) in [5.74, 6) is -0.521. The Hall–Kier alpha value is -1.51. The third-order valence-corrected chi connectivity index (χ3v) is 6.05. The van der Waals surface area contributed by atoms with E-state index in [0.29, 0.717) is 10.8 Å². The molecule has 138 valence electrons. The molecule has 2 heterocycles. The fourth-order valence-corrected chi connectivity index (χ4v) is 4.46. The van der Waals surface area contributed by atoms with Gasteiger partial charge < -0.3 is 20.5 Å². The second-order valence-corrected chi connectivity index (χ2v) is 7.80. The number of nitrogens with zero attached hydrogens (tertiary/aromatic N) is 1. The Morgan fingerprint density at radius 1 is 1.24 bits per heavy atom. The number of hydrogen-bond donors (Lipinski definition) is 3. The molecule has 0 unspecified atom stereocenters. The molecule has 1 aliphatic carbocycles. The van der Waals surface area contributed by atoms with E-state index < -0.39 is 5.97 Å². The van der Waals surface area contributed by atoms with Gasteiger partial charge in [0.15, 0.2) is 0 Å². The van der Waals surface area contributed by atoms with Crippen LogP contribution in [0.25, 0.3) is 0 Å². The first-order valence-electron chi connectivity index (χ1n) is 8.92. The number of nitrogens with one attached hydrogen (secondary N) is 2. The number of thiazole rings is 1. The van der Waals surface area contributed by atoms with Crippen LogP contribution in [0.2, 0.25) is 0 Å². The van der Waals surface area contributed by atoms with Gasteiger partial charge in [0.25, 0.3) is 5.91 Å². The van der Waals surface area contributed by atoms with Gasteiger partial charge in [-0.3, -0.25) is 4.79 Å². The van der Waals surface area contributed by atoms with Gasteiger partial charge in [0.1, 0.15) is 11.5 Å². The molecule has 1 aliphatic heterocycles. The number of carbonyl (C=O) groups is 2. The summed E-state index contributed by atoms with van der Waals surface area (Å²) in [4.78, 5) is 28.1. The molecule has 0 aromatic carbocycles. The second kappa shape index (κ2) is 8.73. The number of piperidine rings is 1. The average molecular weight is 367 g/mol. The lowest BCUT2D eigenvalue weighted by Gasteiger charge is -2.28. The van der Waals surface area contributed by atoms with Crippen LogP contribution in [-0.4, -0.2) is 53.8 Å². The van der Waals surface area contributed by atoms with Crippen LogP contribution in [0.15, 0.2) is 6.20 Å². The van der Waals surface area contributed by atoms with E-state index in [2.05, 4.69) is 15.6 Å². The molecule has 25 heavy (non-hydrogen) atoms. The molecule has 0 bridgehead atoms. The zero-order valence-electron chi connectivity index (χ0n) is 14.2. The van der Waals surface area contributed by atoms with Gasteiger partial charge in [-0.25, -0.2) is 9.78 Å². The fourth-order valence-electron chi connectivity index (χ4n) is 3.47. The first kappa shape index (κ1) is 18.3. The molecule has 3 rings (SSSR count). The van der Waals surface area contributed by atoms with E-state index in [1.54, 1.807) is 6.20 Å². The van der Waals surface area contributed by atoms with Gasteiger partial charge in [-0.2, -0.15) is 0 Å². The normalized spacial score (nSPS) is 24.8. The van der Waals surface area contributed by atoms with E-state index in [1.165, 1.54) is 11.3 Å². The smallest absolute Gasteiger partial charge is 0.329 e. The maximum Gasteiger partial charge on any atom is 0.329 e. The number of rotatable bonds is 6. The van der Waals surface area contributed by atoms with Gasteiger partial charge in [0, 0.05) is 12.0 Å². The zero-order chi connectivity index (χ0) is 17.6. The topological polar surface area (TPSA) is 101 Å². The lowest BCUT2D eigenvalue weighted by Crippen LogP contribution is -2.39. The van der Waals surface area contributed by atoms with Crippen molar-refractivity contribution in [2.75, 3.05) is 19.7 Å². The monoisotopic (exact) mass is 367 g/mol. The number of hydrogen-bond acceptors (Lipinski definition) is 6. The van der Waals surface area contributed by atoms with Crippen LogP contribution >= 0.6 is 11.3 Å². The fraction of sp³-hybridized carbons (Fsp3) is 0.706. The highest BCUT2D eigenvalue weighted by molar-refractivity contribution is 7.13. The molecule has 2 aliphatic rings. The van der Waals surface area contributed by atoms with Gasteiger partial charge in [-0.05, 0) is 51.6 Å². The quantitative estimate of drug-likeness (QED) is 0.708. The Balaban J connectivity index is 1.45. The predicted molar refractivity (Wildman–Crippen MR) is 94.1 cm³/mol. The summed E-state index contributed by atoms with van der Waals surface area (Å²) in [6.07, 6.45) is 7.02. The molecule has 2 fully saturated rings. The molecule has 7 nitrogen and oxygen atoms in total. The third-order valence-electron chi connectivity index (χ3n) is 4.89. The average Bonchev–Trinajstić information content (AvgIpc) is 3.12. The predicted octanol–water partition coefficient (Wildman–Crippen LogP) is 1.75. The van der Waals surface area contributed by atoms with Crippen molar-refractivity contribution in [1.82, 2.24) is 15.6 Å². The van der Waals surface area contributed by atoms with Gasteiger partial charge in [-0.1, -0.05) is 0 Å². The van der Waals surface area contributed by atoms with E-state index in [4.69, 9.17) is 9.84 Å². The largest absolute Gasteiger partial charge is 0.480 e. The van der Waals surface area contributed by atoms with Gasteiger partial charge >= 0.3 is 5.97 Å². The van der Waals surface area contributed by atoms with Crippen molar-refractivity contribution in [2.45, 2.75) is 56.6 Å². The molecule has 8 heteroatoms. The highest BCUT2D eigenvalue weighted by Gasteiger charge is 2.25. The Morgan fingerprint density at radius 2 is 1.96 bits per heavy atom. The molecular formula is C17H25N3O4S. The van der Waals surface area contributed by atoms with E-state index >= 15 is 0 Å². The maximum absolute atomic E-state index is 12.4. The number of amides is 1. The first-order chi connectivity index (χ1) is 12.1. The van der Waals surface area contributed by atoms with Crippen molar-refractivity contribution < 1.29 is 19.4 Å². The van der Waals surface area contributed by atoms with Crippen molar-refractivity contribution in [3.63, 3.8) is 0 Å². The molecule has 1 amide bonds. The van der Waals surface area contributed by atoms with Crippen LogP contribution in [0, 0.1) is 0 Å². The molecule has 1 saturated heterocycles. The van der Waals surface area contributed by atoms with E-state index in [1.807, 2.05) is 0 Å². The van der Waals surface area contributed by atoms with Crippen LogP contribution < -0.4 is 10.6 Å². The molecule has 0 radical (unpaired) electrons. The van der Waals surface area contributed by atoms with Crippen LogP contribution in [0.4, 0.5) is 0 Å². The number of aliphatic carboxylic acids is 1. The number of aromatic nitrogens is 1. The first-order valence-corrected chi connectivity index (χ1v) is 9.74. The number of ether oxygens (including phenoxy) is 1. The highest BCUT2D eigenvalue weighted by atomic mass is 32.1. The third kappa shape index (κ3) is 5.23.